The molecule has 1 aromatic rings. The normalized spacial score (nSPS) is 12.2. The van der Waals surface area contributed by atoms with E-state index in [0.717, 1.165) is 4.47 Å². The molecule has 3 nitrogen and oxygen atoms in total. The smallest absolute Gasteiger partial charge is 0.199 e. The van der Waals surface area contributed by atoms with Gasteiger partial charge in [-0.1, -0.05) is 15.9 Å². The maximum atomic E-state index is 11.3. The minimum atomic E-state index is -3.48. The Bertz CT molecular complexity index is 408. The molecule has 0 aromatic heterocycles. The molecule has 0 radical (unpaired) electrons. The van der Waals surface area contributed by atoms with Crippen LogP contribution in [0.15, 0.2) is 38.0 Å². The topological polar surface area (TPSA) is 46.5 Å². The molecule has 0 amide bonds. The van der Waals surface area contributed by atoms with Crippen molar-refractivity contribution in [1.82, 2.24) is 0 Å². The van der Waals surface area contributed by atoms with E-state index < -0.39 is 10.0 Å². The van der Waals surface area contributed by atoms with Crippen LogP contribution in [0.3, 0.4) is 0 Å². The molecule has 0 fully saturated rings. The quantitative estimate of drug-likeness (QED) is 0.767. The van der Waals surface area contributed by atoms with Gasteiger partial charge in [-0.3, -0.25) is 0 Å². The van der Waals surface area contributed by atoms with Crippen LogP contribution < -0.4 is 0 Å². The summed E-state index contributed by atoms with van der Waals surface area (Å²) in [6.45, 7) is 1.57. The number of benzene rings is 1. The van der Waals surface area contributed by atoms with Gasteiger partial charge in [0.1, 0.15) is 0 Å². The molecule has 0 aliphatic carbocycles. The lowest BCUT2D eigenvalue weighted by Gasteiger charge is -1.97. The number of halogens is 1. The minimum absolute atomic E-state index is 0.203. The number of rotatable bonds is 2. The van der Waals surface area contributed by atoms with E-state index in [2.05, 4.69) is 20.3 Å². The molecule has 0 aliphatic heterocycles. The van der Waals surface area contributed by atoms with Gasteiger partial charge in [0.25, 0.3) is 10.0 Å². The highest BCUT2D eigenvalue weighted by atomic mass is 79.9. The SMILES string of the molecule is C/C=N/S(=O)(=O)c1ccc(Br)cc1. The van der Waals surface area contributed by atoms with Crippen molar-refractivity contribution in [3.63, 3.8) is 0 Å². The molecule has 0 heterocycles. The summed E-state index contributed by atoms with van der Waals surface area (Å²) in [4.78, 5) is 0.203. The van der Waals surface area contributed by atoms with Gasteiger partial charge >= 0.3 is 0 Å². The standard InChI is InChI=1S/C8H8BrNO2S/c1-2-10-13(11,12)8-5-3-7(9)4-6-8/h2-6H,1H3/b10-2+. The summed E-state index contributed by atoms with van der Waals surface area (Å²) < 4.78 is 26.9. The van der Waals surface area contributed by atoms with Gasteiger partial charge in [-0.25, -0.2) is 0 Å². The van der Waals surface area contributed by atoms with Crippen LogP contribution in [-0.2, 0) is 10.0 Å². The molecule has 0 unspecified atom stereocenters. The molecule has 0 spiro atoms. The fourth-order valence-electron chi connectivity index (χ4n) is 0.806. The molecular weight excluding hydrogens is 254 g/mol. The fourth-order valence-corrected chi connectivity index (χ4v) is 1.95. The number of hydrogen-bond donors (Lipinski definition) is 0. The Morgan fingerprint density at radius 2 is 1.85 bits per heavy atom. The lowest BCUT2D eigenvalue weighted by molar-refractivity contribution is 0.598. The summed E-state index contributed by atoms with van der Waals surface area (Å²) in [6, 6.07) is 6.34. The molecule has 0 atom stereocenters. The number of hydrogen-bond acceptors (Lipinski definition) is 2. The van der Waals surface area contributed by atoms with Crippen LogP contribution in [0.1, 0.15) is 6.92 Å². The van der Waals surface area contributed by atoms with Crippen molar-refractivity contribution in [3.8, 4) is 0 Å². The highest BCUT2D eigenvalue weighted by Crippen LogP contribution is 2.15. The minimum Gasteiger partial charge on any atom is -0.199 e. The first-order valence-electron chi connectivity index (χ1n) is 3.57. The van der Waals surface area contributed by atoms with E-state index in [9.17, 15) is 8.42 Å². The van der Waals surface area contributed by atoms with Gasteiger partial charge in [-0.05, 0) is 31.2 Å². The van der Waals surface area contributed by atoms with Crippen LogP contribution in [0.4, 0.5) is 0 Å². The first-order valence-corrected chi connectivity index (χ1v) is 5.80. The zero-order chi connectivity index (χ0) is 9.90. The highest BCUT2D eigenvalue weighted by Gasteiger charge is 2.09. The Labute approximate surface area is 85.7 Å². The molecule has 0 bridgehead atoms. The summed E-state index contributed by atoms with van der Waals surface area (Å²) in [5.74, 6) is 0. The zero-order valence-corrected chi connectivity index (χ0v) is 9.34. The summed E-state index contributed by atoms with van der Waals surface area (Å²) >= 11 is 3.22. The van der Waals surface area contributed by atoms with Crippen molar-refractivity contribution in [3.05, 3.63) is 28.7 Å². The summed E-state index contributed by atoms with van der Waals surface area (Å²) in [7, 11) is -3.48. The van der Waals surface area contributed by atoms with E-state index in [4.69, 9.17) is 0 Å². The predicted molar refractivity (Wildman–Crippen MR) is 55.5 cm³/mol. The maximum Gasteiger partial charge on any atom is 0.281 e. The molecule has 0 N–H and O–H groups in total. The van der Waals surface area contributed by atoms with Crippen LogP contribution in [0.25, 0.3) is 0 Å². The van der Waals surface area contributed by atoms with Gasteiger partial charge in [-0.15, -0.1) is 0 Å². The third-order valence-corrected chi connectivity index (χ3v) is 3.24. The fraction of sp³-hybridized carbons (Fsp3) is 0.125. The van der Waals surface area contributed by atoms with E-state index in [1.165, 1.54) is 18.3 Å². The van der Waals surface area contributed by atoms with Gasteiger partial charge in [0.2, 0.25) is 0 Å². The highest BCUT2D eigenvalue weighted by molar-refractivity contribution is 9.10. The third kappa shape index (κ3) is 2.63. The van der Waals surface area contributed by atoms with Crippen molar-refractivity contribution < 1.29 is 8.42 Å². The van der Waals surface area contributed by atoms with E-state index >= 15 is 0 Å². The maximum absolute atomic E-state index is 11.3. The van der Waals surface area contributed by atoms with Crippen LogP contribution in [-0.4, -0.2) is 14.6 Å². The van der Waals surface area contributed by atoms with Crippen LogP contribution in [0.5, 0.6) is 0 Å². The molecule has 0 saturated carbocycles. The van der Waals surface area contributed by atoms with Gasteiger partial charge < -0.3 is 0 Å². The second kappa shape index (κ2) is 4.02. The van der Waals surface area contributed by atoms with Crippen molar-refractivity contribution in [2.24, 2.45) is 4.40 Å². The Morgan fingerprint density at radius 1 is 1.31 bits per heavy atom. The first-order chi connectivity index (χ1) is 6.06. The number of nitrogens with zero attached hydrogens (tertiary/aromatic N) is 1. The lowest BCUT2D eigenvalue weighted by atomic mass is 10.4. The monoisotopic (exact) mass is 261 g/mol. The molecule has 70 valence electrons. The van der Waals surface area contributed by atoms with Crippen molar-refractivity contribution in [1.29, 1.82) is 0 Å². The third-order valence-electron chi connectivity index (χ3n) is 1.36. The Morgan fingerprint density at radius 3 is 2.31 bits per heavy atom. The van der Waals surface area contributed by atoms with Gasteiger partial charge in [0.05, 0.1) is 4.90 Å². The lowest BCUT2D eigenvalue weighted by Crippen LogP contribution is -1.95. The van der Waals surface area contributed by atoms with Gasteiger partial charge in [0, 0.05) is 10.7 Å². The Kier molecular flexibility index (Phi) is 3.22. The van der Waals surface area contributed by atoms with Gasteiger partial charge in [0.15, 0.2) is 0 Å². The predicted octanol–water partition coefficient (Wildman–Crippen LogP) is 2.23. The van der Waals surface area contributed by atoms with E-state index in [1.807, 2.05) is 0 Å². The summed E-state index contributed by atoms with van der Waals surface area (Å²) in [5, 5.41) is 0. The molecule has 5 heteroatoms. The van der Waals surface area contributed by atoms with Crippen molar-refractivity contribution in [2.75, 3.05) is 0 Å². The second-order valence-corrected chi connectivity index (χ2v) is 4.84. The molecule has 1 rings (SSSR count). The largest absolute Gasteiger partial charge is 0.281 e. The van der Waals surface area contributed by atoms with Gasteiger partial charge in [-0.2, -0.15) is 12.8 Å². The zero-order valence-electron chi connectivity index (χ0n) is 6.94. The summed E-state index contributed by atoms with van der Waals surface area (Å²) in [5.41, 5.74) is 0. The van der Waals surface area contributed by atoms with Crippen LogP contribution in [0.2, 0.25) is 0 Å². The van der Waals surface area contributed by atoms with E-state index in [0.29, 0.717) is 0 Å². The van der Waals surface area contributed by atoms with Crippen LogP contribution >= 0.6 is 15.9 Å². The van der Waals surface area contributed by atoms with Crippen LogP contribution in [0, 0.1) is 0 Å². The van der Waals surface area contributed by atoms with E-state index in [-0.39, 0.29) is 4.90 Å². The molecular formula is C8H8BrNO2S. The second-order valence-electron chi connectivity index (χ2n) is 2.29. The average molecular weight is 262 g/mol. The summed E-state index contributed by atoms with van der Waals surface area (Å²) in [6.07, 6.45) is 1.26. The average Bonchev–Trinajstić information content (AvgIpc) is 2.05. The molecule has 1 aromatic carbocycles. The molecule has 13 heavy (non-hydrogen) atoms. The van der Waals surface area contributed by atoms with Crippen molar-refractivity contribution >= 4 is 32.2 Å². The number of sulfonamides is 1. The Hall–Kier alpha value is -0.680. The molecule has 0 saturated heterocycles. The van der Waals surface area contributed by atoms with E-state index in [1.54, 1.807) is 19.1 Å². The Balaban J connectivity index is 3.17. The van der Waals surface area contributed by atoms with Crippen molar-refractivity contribution in [2.45, 2.75) is 11.8 Å². The first kappa shape index (κ1) is 10.4. The molecule has 0 aliphatic rings.